The van der Waals surface area contributed by atoms with E-state index in [2.05, 4.69) is 0 Å². The van der Waals surface area contributed by atoms with E-state index in [1.165, 1.54) is 12.1 Å². The number of nitrogens with two attached hydrogens (primary N) is 1. The zero-order valence-electron chi connectivity index (χ0n) is 7.98. The van der Waals surface area contributed by atoms with Crippen LogP contribution in [-0.2, 0) is 0 Å². The summed E-state index contributed by atoms with van der Waals surface area (Å²) in [6.45, 7) is 1.68. The van der Waals surface area contributed by atoms with Gasteiger partial charge in [-0.2, -0.15) is 0 Å². The van der Waals surface area contributed by atoms with E-state index in [0.29, 0.717) is 16.5 Å². The minimum Gasteiger partial charge on any atom is -0.508 e. The average Bonchev–Trinajstić information content (AvgIpc) is 2.15. The second-order valence-corrected chi connectivity index (χ2v) is 3.12. The standard InChI is InChI=1S/C10H9NO3.ClH/c1-5-8(12)3-2-6-4-7(11)10(13)14-9(5)6;/h2-4,12H,11H2,1H3;1H. The SMILES string of the molecule is Cc1c(O)ccc2cc(N)c(=O)oc12.Cl. The molecule has 4 nitrogen and oxygen atoms in total. The van der Waals surface area contributed by atoms with Crippen LogP contribution in [0.1, 0.15) is 5.56 Å². The highest BCUT2D eigenvalue weighted by atomic mass is 35.5. The molecule has 1 aromatic carbocycles. The van der Waals surface area contributed by atoms with E-state index in [1.807, 2.05) is 0 Å². The van der Waals surface area contributed by atoms with E-state index in [9.17, 15) is 9.90 Å². The van der Waals surface area contributed by atoms with E-state index in [4.69, 9.17) is 10.2 Å². The summed E-state index contributed by atoms with van der Waals surface area (Å²) in [7, 11) is 0. The van der Waals surface area contributed by atoms with Crippen molar-refractivity contribution in [1.29, 1.82) is 0 Å². The van der Waals surface area contributed by atoms with Crippen molar-refractivity contribution in [3.8, 4) is 5.75 Å². The van der Waals surface area contributed by atoms with Crippen molar-refractivity contribution in [2.24, 2.45) is 0 Å². The number of rotatable bonds is 0. The van der Waals surface area contributed by atoms with Gasteiger partial charge in [0.2, 0.25) is 0 Å². The van der Waals surface area contributed by atoms with E-state index in [-0.39, 0.29) is 23.8 Å². The van der Waals surface area contributed by atoms with Gasteiger partial charge in [0, 0.05) is 10.9 Å². The third-order valence-corrected chi connectivity index (χ3v) is 2.15. The van der Waals surface area contributed by atoms with Crippen LogP contribution in [0.15, 0.2) is 27.4 Å². The maximum atomic E-state index is 11.1. The molecule has 0 aliphatic heterocycles. The second kappa shape index (κ2) is 3.82. The van der Waals surface area contributed by atoms with Gasteiger partial charge < -0.3 is 15.3 Å². The maximum absolute atomic E-state index is 11.1. The lowest BCUT2D eigenvalue weighted by Crippen LogP contribution is -2.05. The third kappa shape index (κ3) is 1.76. The number of phenolic OH excluding ortho intramolecular Hbond substituents is 1. The Labute approximate surface area is 91.7 Å². The molecule has 0 unspecified atom stereocenters. The van der Waals surface area contributed by atoms with Gasteiger partial charge in [-0.1, -0.05) is 0 Å². The first-order valence-electron chi connectivity index (χ1n) is 4.11. The largest absolute Gasteiger partial charge is 0.508 e. The highest BCUT2D eigenvalue weighted by Gasteiger charge is 2.07. The number of benzene rings is 1. The number of hydrogen-bond acceptors (Lipinski definition) is 4. The summed E-state index contributed by atoms with van der Waals surface area (Å²) >= 11 is 0. The van der Waals surface area contributed by atoms with Gasteiger partial charge in [0.15, 0.2) is 0 Å². The Morgan fingerprint density at radius 2 is 2.07 bits per heavy atom. The second-order valence-electron chi connectivity index (χ2n) is 3.12. The van der Waals surface area contributed by atoms with Gasteiger partial charge >= 0.3 is 5.63 Å². The van der Waals surface area contributed by atoms with Crippen molar-refractivity contribution in [3.63, 3.8) is 0 Å². The maximum Gasteiger partial charge on any atom is 0.359 e. The van der Waals surface area contributed by atoms with Crippen molar-refractivity contribution >= 4 is 29.1 Å². The molecule has 0 aliphatic rings. The van der Waals surface area contributed by atoms with Crippen molar-refractivity contribution < 1.29 is 9.52 Å². The summed E-state index contributed by atoms with van der Waals surface area (Å²) in [5, 5.41) is 10.1. The Morgan fingerprint density at radius 1 is 1.40 bits per heavy atom. The topological polar surface area (TPSA) is 76.5 Å². The zero-order valence-corrected chi connectivity index (χ0v) is 8.80. The number of anilines is 1. The van der Waals surface area contributed by atoms with Crippen LogP contribution in [0.25, 0.3) is 11.0 Å². The molecule has 0 atom stereocenters. The van der Waals surface area contributed by atoms with E-state index in [0.717, 1.165) is 0 Å². The number of aromatic hydroxyl groups is 1. The van der Waals surface area contributed by atoms with Crippen LogP contribution < -0.4 is 11.4 Å². The lowest BCUT2D eigenvalue weighted by Gasteiger charge is -2.02. The molecule has 0 radical (unpaired) electrons. The number of phenols is 1. The Morgan fingerprint density at radius 3 is 2.73 bits per heavy atom. The molecule has 2 aromatic rings. The van der Waals surface area contributed by atoms with Crippen LogP contribution in [0.5, 0.6) is 5.75 Å². The minimum absolute atomic E-state index is 0. The molecule has 0 spiro atoms. The Balaban J connectivity index is 0.00000112. The zero-order chi connectivity index (χ0) is 10.3. The van der Waals surface area contributed by atoms with Gasteiger partial charge in [0.05, 0.1) is 0 Å². The molecule has 80 valence electrons. The number of fused-ring (bicyclic) bond motifs is 1. The molecule has 0 saturated heterocycles. The summed E-state index contributed by atoms with van der Waals surface area (Å²) in [6, 6.07) is 4.72. The molecule has 0 aliphatic carbocycles. The predicted molar refractivity (Wildman–Crippen MR) is 60.5 cm³/mol. The molecule has 0 saturated carbocycles. The van der Waals surface area contributed by atoms with Crippen LogP contribution in [0.3, 0.4) is 0 Å². The summed E-state index contributed by atoms with van der Waals surface area (Å²) < 4.78 is 4.96. The van der Waals surface area contributed by atoms with E-state index >= 15 is 0 Å². The highest BCUT2D eigenvalue weighted by molar-refractivity contribution is 5.85. The minimum atomic E-state index is -0.578. The smallest absolute Gasteiger partial charge is 0.359 e. The average molecular weight is 228 g/mol. The molecule has 0 bridgehead atoms. The molecule has 5 heteroatoms. The summed E-state index contributed by atoms with van der Waals surface area (Å²) in [5.41, 5.74) is 5.82. The summed E-state index contributed by atoms with van der Waals surface area (Å²) in [4.78, 5) is 11.1. The van der Waals surface area contributed by atoms with E-state index in [1.54, 1.807) is 13.0 Å². The Kier molecular flexibility index (Phi) is 2.90. The van der Waals surface area contributed by atoms with Crippen LogP contribution in [0.2, 0.25) is 0 Å². The van der Waals surface area contributed by atoms with Crippen LogP contribution >= 0.6 is 12.4 Å². The van der Waals surface area contributed by atoms with Crippen molar-refractivity contribution in [2.75, 3.05) is 5.73 Å². The van der Waals surface area contributed by atoms with Gasteiger partial charge in [-0.05, 0) is 25.1 Å². The van der Waals surface area contributed by atoms with Crippen LogP contribution in [0, 0.1) is 6.92 Å². The van der Waals surface area contributed by atoms with Crippen molar-refractivity contribution in [3.05, 3.63) is 34.2 Å². The molecule has 0 amide bonds. The lowest BCUT2D eigenvalue weighted by atomic mass is 10.1. The number of hydrogen-bond donors (Lipinski definition) is 2. The molecule has 15 heavy (non-hydrogen) atoms. The first-order valence-corrected chi connectivity index (χ1v) is 4.11. The van der Waals surface area contributed by atoms with Gasteiger partial charge in [0.1, 0.15) is 17.0 Å². The van der Waals surface area contributed by atoms with Crippen molar-refractivity contribution in [1.82, 2.24) is 0 Å². The molecular weight excluding hydrogens is 218 g/mol. The fraction of sp³-hybridized carbons (Fsp3) is 0.100. The van der Waals surface area contributed by atoms with Crippen LogP contribution in [0.4, 0.5) is 5.69 Å². The van der Waals surface area contributed by atoms with Crippen LogP contribution in [-0.4, -0.2) is 5.11 Å². The van der Waals surface area contributed by atoms with Crippen molar-refractivity contribution in [2.45, 2.75) is 6.92 Å². The first kappa shape index (κ1) is 11.4. The fourth-order valence-corrected chi connectivity index (χ4v) is 1.33. The molecule has 1 heterocycles. The highest BCUT2D eigenvalue weighted by Crippen LogP contribution is 2.25. The Bertz CT molecular complexity index is 562. The molecule has 2 rings (SSSR count). The monoisotopic (exact) mass is 227 g/mol. The third-order valence-electron chi connectivity index (χ3n) is 2.15. The number of halogens is 1. The molecule has 3 N–H and O–H groups in total. The van der Waals surface area contributed by atoms with Gasteiger partial charge in [-0.3, -0.25) is 0 Å². The van der Waals surface area contributed by atoms with Gasteiger partial charge in [-0.15, -0.1) is 12.4 Å². The molecular formula is C10H10ClNO3. The first-order chi connectivity index (χ1) is 6.59. The van der Waals surface area contributed by atoms with E-state index < -0.39 is 5.63 Å². The summed E-state index contributed by atoms with van der Waals surface area (Å²) in [6.07, 6.45) is 0. The van der Waals surface area contributed by atoms with Gasteiger partial charge in [0.25, 0.3) is 0 Å². The molecule has 0 fully saturated rings. The predicted octanol–water partition coefficient (Wildman–Crippen LogP) is 1.81. The number of nitrogen functional groups attached to an aromatic ring is 1. The van der Waals surface area contributed by atoms with Gasteiger partial charge in [-0.25, -0.2) is 4.79 Å². The fourth-order valence-electron chi connectivity index (χ4n) is 1.33. The number of aryl methyl sites for hydroxylation is 1. The Hall–Kier alpha value is -1.68. The lowest BCUT2D eigenvalue weighted by molar-refractivity contribution is 0.468. The molecule has 1 aromatic heterocycles. The summed E-state index contributed by atoms with van der Waals surface area (Å²) in [5.74, 6) is 0.102. The normalized spacial score (nSPS) is 9.93. The quantitative estimate of drug-likeness (QED) is 0.673.